The summed E-state index contributed by atoms with van der Waals surface area (Å²) in [7, 11) is 0. The van der Waals surface area contributed by atoms with E-state index in [9.17, 15) is 9.50 Å². The van der Waals surface area contributed by atoms with Crippen molar-refractivity contribution in [3.05, 3.63) is 24.1 Å². The highest BCUT2D eigenvalue weighted by Gasteiger charge is 2.23. The fourth-order valence-corrected chi connectivity index (χ4v) is 2.28. The third kappa shape index (κ3) is 3.58. The summed E-state index contributed by atoms with van der Waals surface area (Å²) in [5, 5.41) is 13.0. The first-order valence-corrected chi connectivity index (χ1v) is 7.08. The van der Waals surface area contributed by atoms with Gasteiger partial charge in [-0.3, -0.25) is 0 Å². The van der Waals surface area contributed by atoms with Crippen molar-refractivity contribution in [3.8, 4) is 0 Å². The van der Waals surface area contributed by atoms with Gasteiger partial charge in [0.25, 0.3) is 0 Å². The summed E-state index contributed by atoms with van der Waals surface area (Å²) in [5.41, 5.74) is 6.89. The van der Waals surface area contributed by atoms with Gasteiger partial charge in [0.05, 0.1) is 29.5 Å². The monoisotopic (exact) mass is 292 g/mol. The molecule has 0 saturated carbocycles. The van der Waals surface area contributed by atoms with Crippen molar-refractivity contribution in [2.45, 2.75) is 38.6 Å². The Morgan fingerprint density at radius 2 is 2.19 bits per heavy atom. The second-order valence-electron chi connectivity index (χ2n) is 5.56. The Morgan fingerprint density at radius 3 is 2.86 bits per heavy atom. The number of nitrogen functional groups attached to an aromatic ring is 1. The molecule has 0 bridgehead atoms. The smallest absolute Gasteiger partial charge is 0.143 e. The SMILES string of the molecule is CCCC[C@@](C)(CO)Nc1cc(N)nc2cc(F)cnc12. The molecular formula is C15H21FN4O. The zero-order chi connectivity index (χ0) is 15.5. The summed E-state index contributed by atoms with van der Waals surface area (Å²) >= 11 is 0. The van der Waals surface area contributed by atoms with Crippen molar-refractivity contribution in [2.24, 2.45) is 0 Å². The molecule has 0 radical (unpaired) electrons. The Bertz CT molecular complexity index is 629. The van der Waals surface area contributed by atoms with E-state index in [-0.39, 0.29) is 12.4 Å². The summed E-state index contributed by atoms with van der Waals surface area (Å²) in [6, 6.07) is 2.96. The van der Waals surface area contributed by atoms with E-state index in [0.29, 0.717) is 16.7 Å². The molecule has 114 valence electrons. The Balaban J connectivity index is 2.41. The second-order valence-corrected chi connectivity index (χ2v) is 5.56. The van der Waals surface area contributed by atoms with Crippen molar-refractivity contribution in [1.29, 1.82) is 0 Å². The maximum Gasteiger partial charge on any atom is 0.143 e. The van der Waals surface area contributed by atoms with E-state index in [2.05, 4.69) is 22.2 Å². The van der Waals surface area contributed by atoms with Gasteiger partial charge in [0.1, 0.15) is 17.2 Å². The normalized spacial score (nSPS) is 14.1. The van der Waals surface area contributed by atoms with Crippen LogP contribution in [0, 0.1) is 5.82 Å². The van der Waals surface area contributed by atoms with Crippen molar-refractivity contribution in [1.82, 2.24) is 9.97 Å². The van der Waals surface area contributed by atoms with Crippen LogP contribution in [-0.2, 0) is 0 Å². The number of nitrogens with zero attached hydrogens (tertiary/aromatic N) is 2. The zero-order valence-corrected chi connectivity index (χ0v) is 12.4. The molecule has 5 nitrogen and oxygen atoms in total. The number of anilines is 2. The quantitative estimate of drug-likeness (QED) is 0.762. The standard InChI is InChI=1S/C15H21FN4O/c1-3-4-5-15(2,9-21)20-12-7-13(17)19-11-6-10(16)8-18-14(11)12/h6-8,21H,3-5,9H2,1-2H3,(H3,17,19,20)/t15-/m0/s1. The molecule has 6 heteroatoms. The fraction of sp³-hybridized carbons (Fsp3) is 0.467. The summed E-state index contributed by atoms with van der Waals surface area (Å²) in [6.45, 7) is 4.02. The molecule has 2 heterocycles. The van der Waals surface area contributed by atoms with E-state index in [1.165, 1.54) is 6.07 Å². The van der Waals surface area contributed by atoms with Crippen LogP contribution in [0.15, 0.2) is 18.3 Å². The molecule has 0 aliphatic heterocycles. The minimum absolute atomic E-state index is 0.0160. The van der Waals surface area contributed by atoms with Crippen LogP contribution in [0.2, 0.25) is 0 Å². The van der Waals surface area contributed by atoms with E-state index in [1.54, 1.807) is 6.07 Å². The van der Waals surface area contributed by atoms with Crippen molar-refractivity contribution >= 4 is 22.5 Å². The summed E-state index contributed by atoms with van der Waals surface area (Å²) in [6.07, 6.45) is 3.99. The molecule has 0 amide bonds. The fourth-order valence-electron chi connectivity index (χ4n) is 2.28. The van der Waals surface area contributed by atoms with Crippen LogP contribution in [0.4, 0.5) is 15.9 Å². The van der Waals surface area contributed by atoms with Crippen LogP contribution in [0.3, 0.4) is 0 Å². The Kier molecular flexibility index (Phi) is 4.57. The molecular weight excluding hydrogens is 271 g/mol. The Labute approximate surface area is 123 Å². The van der Waals surface area contributed by atoms with Crippen LogP contribution in [0.1, 0.15) is 33.1 Å². The average molecular weight is 292 g/mol. The lowest BCUT2D eigenvalue weighted by atomic mass is 9.95. The number of fused-ring (bicyclic) bond motifs is 1. The largest absolute Gasteiger partial charge is 0.394 e. The first-order chi connectivity index (χ1) is 9.97. The van der Waals surface area contributed by atoms with Crippen LogP contribution < -0.4 is 11.1 Å². The molecule has 0 aliphatic rings. The number of rotatable bonds is 6. The van der Waals surface area contributed by atoms with E-state index in [0.717, 1.165) is 25.5 Å². The summed E-state index contributed by atoms with van der Waals surface area (Å²) < 4.78 is 13.3. The minimum Gasteiger partial charge on any atom is -0.394 e. The van der Waals surface area contributed by atoms with Gasteiger partial charge < -0.3 is 16.2 Å². The highest BCUT2D eigenvalue weighted by Crippen LogP contribution is 2.27. The van der Waals surface area contributed by atoms with Crippen molar-refractivity contribution < 1.29 is 9.50 Å². The number of aromatic nitrogens is 2. The first kappa shape index (κ1) is 15.4. The lowest BCUT2D eigenvalue weighted by Gasteiger charge is -2.30. The van der Waals surface area contributed by atoms with Crippen molar-refractivity contribution in [3.63, 3.8) is 0 Å². The van der Waals surface area contributed by atoms with Gasteiger partial charge in [0.2, 0.25) is 0 Å². The molecule has 0 fully saturated rings. The van der Waals surface area contributed by atoms with Gasteiger partial charge in [0.15, 0.2) is 0 Å². The molecule has 0 aliphatic carbocycles. The van der Waals surface area contributed by atoms with Crippen LogP contribution >= 0.6 is 0 Å². The van der Waals surface area contributed by atoms with Crippen LogP contribution in [0.5, 0.6) is 0 Å². The predicted molar refractivity (Wildman–Crippen MR) is 82.5 cm³/mol. The van der Waals surface area contributed by atoms with E-state index in [4.69, 9.17) is 5.73 Å². The van der Waals surface area contributed by atoms with E-state index in [1.807, 2.05) is 6.92 Å². The molecule has 2 rings (SSSR count). The van der Waals surface area contributed by atoms with Gasteiger partial charge in [-0.1, -0.05) is 19.8 Å². The lowest BCUT2D eigenvalue weighted by Crippen LogP contribution is -2.38. The highest BCUT2D eigenvalue weighted by molar-refractivity contribution is 5.89. The van der Waals surface area contributed by atoms with Crippen LogP contribution in [0.25, 0.3) is 11.0 Å². The minimum atomic E-state index is -0.479. The Morgan fingerprint density at radius 1 is 1.43 bits per heavy atom. The number of unbranched alkanes of at least 4 members (excludes halogenated alkanes) is 1. The molecule has 1 atom stereocenters. The summed E-state index contributed by atoms with van der Waals surface area (Å²) in [4.78, 5) is 8.17. The van der Waals surface area contributed by atoms with Gasteiger partial charge in [-0.25, -0.2) is 14.4 Å². The van der Waals surface area contributed by atoms with Gasteiger partial charge in [0, 0.05) is 12.1 Å². The third-order valence-corrected chi connectivity index (χ3v) is 3.50. The predicted octanol–water partition coefficient (Wildman–Crippen LogP) is 2.70. The number of halogens is 1. The molecule has 2 aromatic heterocycles. The molecule has 4 N–H and O–H groups in total. The first-order valence-electron chi connectivity index (χ1n) is 7.08. The Hall–Kier alpha value is -1.95. The number of hydrogen-bond acceptors (Lipinski definition) is 5. The summed E-state index contributed by atoms with van der Waals surface area (Å²) in [5.74, 6) is -0.171. The van der Waals surface area contributed by atoms with Crippen LogP contribution in [-0.4, -0.2) is 27.2 Å². The van der Waals surface area contributed by atoms with Gasteiger partial charge in [-0.05, 0) is 13.3 Å². The zero-order valence-electron chi connectivity index (χ0n) is 12.4. The lowest BCUT2D eigenvalue weighted by molar-refractivity contribution is 0.212. The molecule has 0 saturated heterocycles. The maximum atomic E-state index is 13.3. The average Bonchev–Trinajstić information content (AvgIpc) is 2.44. The molecule has 0 unspecified atom stereocenters. The number of nitrogens with one attached hydrogen (secondary N) is 1. The molecule has 0 spiro atoms. The van der Waals surface area contributed by atoms with E-state index >= 15 is 0 Å². The molecule has 21 heavy (non-hydrogen) atoms. The van der Waals surface area contributed by atoms with Gasteiger partial charge in [-0.15, -0.1) is 0 Å². The molecule has 0 aromatic carbocycles. The number of hydrogen-bond donors (Lipinski definition) is 3. The van der Waals surface area contributed by atoms with Gasteiger partial charge >= 0.3 is 0 Å². The highest BCUT2D eigenvalue weighted by atomic mass is 19.1. The number of nitrogens with two attached hydrogens (primary N) is 1. The van der Waals surface area contributed by atoms with E-state index < -0.39 is 11.4 Å². The molecule has 2 aromatic rings. The topological polar surface area (TPSA) is 84.1 Å². The van der Waals surface area contributed by atoms with Gasteiger partial charge in [-0.2, -0.15) is 0 Å². The maximum absolute atomic E-state index is 13.3. The number of aliphatic hydroxyl groups excluding tert-OH is 1. The number of pyridine rings is 2. The van der Waals surface area contributed by atoms with Crippen molar-refractivity contribution in [2.75, 3.05) is 17.7 Å². The second kappa shape index (κ2) is 6.22. The third-order valence-electron chi connectivity index (χ3n) is 3.50. The number of aliphatic hydroxyl groups is 1.